The Morgan fingerprint density at radius 2 is 0.634 bits per heavy atom. The van der Waals surface area contributed by atoms with Gasteiger partial charge in [-0.25, -0.2) is 0 Å². The molecule has 0 aromatic carbocycles. The molecule has 0 spiro atoms. The first kappa shape index (κ1) is 37.7. The molecule has 4 rings (SSSR count). The van der Waals surface area contributed by atoms with Crippen molar-refractivity contribution in [2.24, 2.45) is 0 Å². The summed E-state index contributed by atoms with van der Waals surface area (Å²) in [6.07, 6.45) is 7.07. The van der Waals surface area contributed by atoms with Crippen molar-refractivity contribution < 1.29 is 74.7 Å². The van der Waals surface area contributed by atoms with E-state index in [9.17, 15) is 26.3 Å². The van der Waals surface area contributed by atoms with Crippen LogP contribution in [0.3, 0.4) is 0 Å². The Morgan fingerprint density at radius 1 is 0.463 bits per heavy atom. The van der Waals surface area contributed by atoms with Crippen molar-refractivity contribution in [1.82, 2.24) is 19.9 Å². The van der Waals surface area contributed by atoms with Gasteiger partial charge in [-0.15, -0.1) is 0 Å². The Hall–Kier alpha value is -3.26. The fourth-order valence-electron chi connectivity index (χ4n) is 2.06. The van der Waals surface area contributed by atoms with E-state index < -0.39 is 31.3 Å². The summed E-state index contributed by atoms with van der Waals surface area (Å²) in [6, 6.07) is 23.2. The molecule has 0 bridgehead atoms. The molecule has 41 heavy (non-hydrogen) atoms. The van der Waals surface area contributed by atoms with Crippen molar-refractivity contribution in [2.75, 3.05) is 0 Å². The number of hydrogen-bond acceptors (Lipinski definition) is 8. The molecule has 0 fully saturated rings. The second kappa shape index (κ2) is 16.9. The average Bonchev–Trinajstić information content (AvgIpc) is 2.90. The fraction of sp³-hybridized carbons (Fsp3) is 0.0909. The molecule has 0 unspecified atom stereocenters. The van der Waals surface area contributed by atoms with Crippen LogP contribution < -0.4 is 0 Å². The molecule has 4 aromatic rings. The molecule has 0 amide bonds. The number of rotatable bonds is 2. The smallest absolute Gasteiger partial charge is 0.279 e. The third-order valence-corrected chi connectivity index (χ3v) is 4.94. The molecule has 0 aliphatic rings. The first-order chi connectivity index (χ1) is 18.4. The van der Waals surface area contributed by atoms with Crippen molar-refractivity contribution in [3.8, 4) is 22.8 Å². The minimum atomic E-state index is -5.84. The minimum absolute atomic E-state index is 0. The second-order valence-electron chi connectivity index (χ2n) is 6.70. The Kier molecular flexibility index (Phi) is 15.5. The van der Waals surface area contributed by atoms with E-state index in [1.807, 2.05) is 72.8 Å². The Bertz CT molecular complexity index is 1310. The van der Waals surface area contributed by atoms with Crippen molar-refractivity contribution in [3.05, 3.63) is 97.6 Å². The molecule has 4 heterocycles. The van der Waals surface area contributed by atoms with E-state index in [2.05, 4.69) is 19.9 Å². The van der Waals surface area contributed by atoms with Crippen LogP contribution >= 0.6 is 0 Å². The number of alkyl halides is 6. The fourth-order valence-corrected chi connectivity index (χ4v) is 2.06. The summed E-state index contributed by atoms with van der Waals surface area (Å²) in [5.74, 6) is 0. The average molecular weight is 720 g/mol. The van der Waals surface area contributed by atoms with Gasteiger partial charge >= 0.3 is 31.3 Å². The van der Waals surface area contributed by atoms with Crippen LogP contribution in [0.2, 0.25) is 0 Å². The molecule has 0 aliphatic heterocycles. The third kappa shape index (κ3) is 14.8. The first-order valence-corrected chi connectivity index (χ1v) is 13.0. The standard InChI is InChI=1S/2C10H8N2.2CHF3O3S.Ag/c2*1-3-7-11-9(5-1)10-6-2-4-8-12-10;2*2-1(3,4)8(5,6)7;/h2*1-8H;2*(H,5,6,7);. The van der Waals surface area contributed by atoms with Crippen LogP contribution in [-0.2, 0) is 42.6 Å². The quantitative estimate of drug-likeness (QED) is 0.124. The van der Waals surface area contributed by atoms with Gasteiger partial charge in [0, 0.05) is 47.2 Å². The van der Waals surface area contributed by atoms with Crippen LogP contribution in [0.4, 0.5) is 26.3 Å². The molecule has 0 saturated carbocycles. The monoisotopic (exact) mass is 719 g/mol. The summed E-state index contributed by atoms with van der Waals surface area (Å²) in [6.45, 7) is 0. The van der Waals surface area contributed by atoms with E-state index in [0.29, 0.717) is 0 Å². The molecule has 227 valence electrons. The number of nitrogens with zero attached hydrogens (tertiary/aromatic N) is 4. The zero-order valence-corrected chi connectivity index (χ0v) is 23.1. The summed E-state index contributed by atoms with van der Waals surface area (Å²) in [5.41, 5.74) is -7.41. The van der Waals surface area contributed by atoms with Crippen LogP contribution in [0.15, 0.2) is 97.6 Å². The van der Waals surface area contributed by atoms with Crippen LogP contribution in [0.25, 0.3) is 22.8 Å². The second-order valence-corrected chi connectivity index (χ2v) is 9.53. The molecule has 0 saturated heterocycles. The van der Waals surface area contributed by atoms with Crippen molar-refractivity contribution >= 4 is 20.2 Å². The Morgan fingerprint density at radius 3 is 0.732 bits per heavy atom. The van der Waals surface area contributed by atoms with E-state index in [1.54, 1.807) is 24.8 Å². The van der Waals surface area contributed by atoms with Gasteiger partial charge in [0.05, 0.1) is 22.8 Å². The van der Waals surface area contributed by atoms with Gasteiger partial charge in [-0.05, 0) is 48.5 Å². The Labute approximate surface area is 245 Å². The van der Waals surface area contributed by atoms with E-state index in [0.717, 1.165) is 22.8 Å². The normalized spacial score (nSPS) is 11.1. The first-order valence-electron chi connectivity index (χ1n) is 10.2. The molecular weight excluding hydrogens is 702 g/mol. The number of hydrogen-bond donors (Lipinski definition) is 2. The summed E-state index contributed by atoms with van der Waals surface area (Å²) in [7, 11) is -11.7. The van der Waals surface area contributed by atoms with E-state index >= 15 is 0 Å². The maximum atomic E-state index is 10.7. The predicted molar refractivity (Wildman–Crippen MR) is 130 cm³/mol. The van der Waals surface area contributed by atoms with Gasteiger partial charge in [-0.2, -0.15) is 43.2 Å². The molecular formula is C22H18AgF6N4O6S2. The van der Waals surface area contributed by atoms with Gasteiger partial charge < -0.3 is 0 Å². The Balaban J connectivity index is 0.000000528. The largest absolute Gasteiger partial charge is 0.522 e. The summed E-state index contributed by atoms with van der Waals surface area (Å²) >= 11 is 0. The van der Waals surface area contributed by atoms with Crippen LogP contribution in [0, 0.1) is 0 Å². The zero-order chi connectivity index (χ0) is 30.5. The van der Waals surface area contributed by atoms with E-state index in [1.165, 1.54) is 0 Å². The van der Waals surface area contributed by atoms with Gasteiger partial charge in [0.1, 0.15) is 0 Å². The van der Waals surface area contributed by atoms with Crippen molar-refractivity contribution in [2.45, 2.75) is 11.0 Å². The predicted octanol–water partition coefficient (Wildman–Crippen LogP) is 5.07. The SMILES string of the molecule is O=S(=O)(O)C(F)(F)F.O=S(=O)(O)C(F)(F)F.[Ag].c1ccc(-c2ccccn2)nc1.c1ccc(-c2ccccn2)nc1. The number of pyridine rings is 4. The summed E-state index contributed by atoms with van der Waals surface area (Å²) in [5, 5.41) is 0. The third-order valence-electron chi connectivity index (χ3n) is 3.77. The van der Waals surface area contributed by atoms with Gasteiger partial charge in [0.15, 0.2) is 0 Å². The topological polar surface area (TPSA) is 160 Å². The van der Waals surface area contributed by atoms with Crippen LogP contribution in [0.5, 0.6) is 0 Å². The maximum Gasteiger partial charge on any atom is 0.522 e. The summed E-state index contributed by atoms with van der Waals surface area (Å²) < 4.78 is 115. The van der Waals surface area contributed by atoms with Gasteiger partial charge in [-0.1, -0.05) is 24.3 Å². The number of halogens is 6. The van der Waals surface area contributed by atoms with Gasteiger partial charge in [0.25, 0.3) is 0 Å². The molecule has 2 N–H and O–H groups in total. The van der Waals surface area contributed by atoms with Gasteiger partial charge in [-0.3, -0.25) is 29.0 Å². The minimum Gasteiger partial charge on any atom is -0.279 e. The van der Waals surface area contributed by atoms with Crippen LogP contribution in [-0.4, -0.2) is 56.9 Å². The van der Waals surface area contributed by atoms with E-state index in [-0.39, 0.29) is 22.4 Å². The molecule has 10 nitrogen and oxygen atoms in total. The zero-order valence-electron chi connectivity index (χ0n) is 19.9. The van der Waals surface area contributed by atoms with Crippen molar-refractivity contribution in [3.63, 3.8) is 0 Å². The molecule has 19 heteroatoms. The summed E-state index contributed by atoms with van der Waals surface area (Å²) in [4.78, 5) is 16.7. The maximum absolute atomic E-state index is 10.7. The van der Waals surface area contributed by atoms with Gasteiger partial charge in [0.2, 0.25) is 0 Å². The van der Waals surface area contributed by atoms with Crippen molar-refractivity contribution in [1.29, 1.82) is 0 Å². The molecule has 1 radical (unpaired) electrons. The molecule has 4 aromatic heterocycles. The van der Waals surface area contributed by atoms with E-state index in [4.69, 9.17) is 25.9 Å². The molecule has 0 atom stereocenters. The number of aromatic nitrogens is 4. The molecule has 0 aliphatic carbocycles. The van der Waals surface area contributed by atoms with Crippen LogP contribution in [0.1, 0.15) is 0 Å².